The lowest BCUT2D eigenvalue weighted by Crippen LogP contribution is -2.09. The third-order valence-electron chi connectivity index (χ3n) is 3.31. The predicted molar refractivity (Wildman–Crippen MR) is 98.8 cm³/mol. The lowest BCUT2D eigenvalue weighted by Gasteiger charge is -2.04. The molecule has 3 rings (SSSR count). The minimum absolute atomic E-state index is 0.554. The van der Waals surface area contributed by atoms with Gasteiger partial charge in [0.05, 0.1) is 16.8 Å². The van der Waals surface area contributed by atoms with Crippen molar-refractivity contribution in [2.24, 2.45) is 0 Å². The highest BCUT2D eigenvalue weighted by atomic mass is 32.2. The van der Waals surface area contributed by atoms with E-state index in [-0.39, 0.29) is 0 Å². The molecule has 0 fully saturated rings. The number of nitrogens with one attached hydrogen (secondary N) is 1. The molecule has 0 aliphatic carbocycles. The number of sulfonamides is 1. The van der Waals surface area contributed by atoms with Crippen LogP contribution in [0, 0.1) is 13.8 Å². The maximum Gasteiger partial charge on any atom is 0.229 e. The molecule has 0 aliphatic heterocycles. The number of thiazole rings is 1. The summed E-state index contributed by atoms with van der Waals surface area (Å²) < 4.78 is 25.0. The Morgan fingerprint density at radius 1 is 1.09 bits per heavy atom. The maximum atomic E-state index is 11.3. The number of aromatic nitrogens is 1. The van der Waals surface area contributed by atoms with E-state index in [2.05, 4.69) is 30.0 Å². The Balaban J connectivity index is 1.93. The molecule has 0 amide bonds. The first-order valence-corrected chi connectivity index (χ1v) is 10.5. The lowest BCUT2D eigenvalue weighted by atomic mass is 10.1. The van der Waals surface area contributed by atoms with Gasteiger partial charge in [-0.15, -0.1) is 22.7 Å². The van der Waals surface area contributed by atoms with E-state index in [1.807, 2.05) is 12.1 Å². The van der Waals surface area contributed by atoms with Gasteiger partial charge in [0.25, 0.3) is 0 Å². The van der Waals surface area contributed by atoms with E-state index in [0.29, 0.717) is 5.69 Å². The molecule has 4 nitrogen and oxygen atoms in total. The normalized spacial score (nSPS) is 11.6. The van der Waals surface area contributed by atoms with Gasteiger partial charge in [-0.25, -0.2) is 13.4 Å². The minimum atomic E-state index is -3.26. The summed E-state index contributed by atoms with van der Waals surface area (Å²) in [6, 6.07) is 9.39. The number of benzene rings is 1. The van der Waals surface area contributed by atoms with Crippen LogP contribution in [0.1, 0.15) is 10.4 Å². The van der Waals surface area contributed by atoms with E-state index in [0.717, 1.165) is 27.4 Å². The number of thiophene rings is 1. The average Bonchev–Trinajstić information content (AvgIpc) is 3.04. The smallest absolute Gasteiger partial charge is 0.229 e. The van der Waals surface area contributed by atoms with E-state index in [1.54, 1.807) is 34.8 Å². The highest BCUT2D eigenvalue weighted by Gasteiger charge is 2.14. The highest BCUT2D eigenvalue weighted by Crippen LogP contribution is 2.37. The molecule has 3 aromatic rings. The fourth-order valence-corrected chi connectivity index (χ4v) is 4.85. The molecule has 2 aromatic heterocycles. The number of aryl methyl sites for hydroxylation is 2. The monoisotopic (exact) mass is 364 g/mol. The Morgan fingerprint density at radius 2 is 1.78 bits per heavy atom. The molecular formula is C16H16N2O2S3. The van der Waals surface area contributed by atoms with Crippen LogP contribution < -0.4 is 4.72 Å². The van der Waals surface area contributed by atoms with Gasteiger partial charge in [-0.3, -0.25) is 4.72 Å². The van der Waals surface area contributed by atoms with Crippen molar-refractivity contribution in [1.29, 1.82) is 0 Å². The van der Waals surface area contributed by atoms with Gasteiger partial charge < -0.3 is 0 Å². The zero-order valence-corrected chi connectivity index (χ0v) is 15.4. The predicted octanol–water partition coefficient (Wildman–Crippen LogP) is 4.53. The lowest BCUT2D eigenvalue weighted by molar-refractivity contribution is 0.607. The van der Waals surface area contributed by atoms with Crippen LogP contribution in [0.5, 0.6) is 0 Å². The van der Waals surface area contributed by atoms with Gasteiger partial charge in [-0.05, 0) is 43.0 Å². The second kappa shape index (κ2) is 6.07. The molecule has 120 valence electrons. The van der Waals surface area contributed by atoms with Crippen molar-refractivity contribution in [3.05, 3.63) is 46.2 Å². The molecule has 0 unspecified atom stereocenters. The van der Waals surface area contributed by atoms with Crippen LogP contribution in [0.4, 0.5) is 5.69 Å². The summed E-state index contributed by atoms with van der Waals surface area (Å²) in [5.41, 5.74) is 3.73. The molecule has 0 radical (unpaired) electrons. The summed E-state index contributed by atoms with van der Waals surface area (Å²) in [5, 5.41) is 3.11. The molecule has 2 heterocycles. The second-order valence-corrected chi connectivity index (χ2v) is 9.18. The summed E-state index contributed by atoms with van der Waals surface area (Å²) >= 11 is 3.38. The standard InChI is InChI=1S/C16H16N2O2S3/c1-10-8-9-21-15(10)16-17-14(11(2)22-16)12-4-6-13(7-5-12)18-23(3,19)20/h4-9,18H,1-3H3. The summed E-state index contributed by atoms with van der Waals surface area (Å²) in [6.45, 7) is 4.15. The van der Waals surface area contributed by atoms with Gasteiger partial charge in [0, 0.05) is 16.1 Å². The number of hydrogen-bond donors (Lipinski definition) is 1. The molecule has 0 bridgehead atoms. The van der Waals surface area contributed by atoms with Crippen LogP contribution in [0.2, 0.25) is 0 Å². The van der Waals surface area contributed by atoms with E-state index in [1.165, 1.54) is 10.4 Å². The number of nitrogens with zero attached hydrogens (tertiary/aromatic N) is 1. The molecule has 23 heavy (non-hydrogen) atoms. The van der Waals surface area contributed by atoms with Crippen molar-refractivity contribution in [3.8, 4) is 21.1 Å². The van der Waals surface area contributed by atoms with E-state index in [4.69, 9.17) is 4.98 Å². The summed E-state index contributed by atoms with van der Waals surface area (Å²) in [4.78, 5) is 7.14. The third-order valence-corrected chi connectivity index (χ3v) is 6.06. The SMILES string of the molecule is Cc1ccsc1-c1nc(-c2ccc(NS(C)(=O)=O)cc2)c(C)s1. The van der Waals surface area contributed by atoms with Gasteiger partial charge in [0.15, 0.2) is 0 Å². The molecule has 7 heteroatoms. The van der Waals surface area contributed by atoms with Crippen LogP contribution in [-0.2, 0) is 10.0 Å². The molecule has 0 saturated heterocycles. The van der Waals surface area contributed by atoms with Gasteiger partial charge in [-0.2, -0.15) is 0 Å². The van der Waals surface area contributed by atoms with Crippen LogP contribution in [0.3, 0.4) is 0 Å². The summed E-state index contributed by atoms with van der Waals surface area (Å²) in [6.07, 6.45) is 1.14. The maximum absolute atomic E-state index is 11.3. The summed E-state index contributed by atoms with van der Waals surface area (Å²) in [5.74, 6) is 0. The summed E-state index contributed by atoms with van der Waals surface area (Å²) in [7, 11) is -3.26. The fourth-order valence-electron chi connectivity index (χ4n) is 2.26. The fraction of sp³-hybridized carbons (Fsp3) is 0.188. The molecule has 1 aromatic carbocycles. The molecular weight excluding hydrogens is 348 g/mol. The van der Waals surface area contributed by atoms with Crippen LogP contribution in [-0.4, -0.2) is 19.7 Å². The van der Waals surface area contributed by atoms with Crippen molar-refractivity contribution < 1.29 is 8.42 Å². The van der Waals surface area contributed by atoms with Crippen molar-refractivity contribution in [2.45, 2.75) is 13.8 Å². The first kappa shape index (κ1) is 16.2. The molecule has 0 atom stereocenters. The Bertz CT molecular complexity index is 938. The van der Waals surface area contributed by atoms with Crippen LogP contribution in [0.15, 0.2) is 35.7 Å². The average molecular weight is 365 g/mol. The molecule has 0 saturated carbocycles. The van der Waals surface area contributed by atoms with Crippen LogP contribution in [0.25, 0.3) is 21.1 Å². The van der Waals surface area contributed by atoms with Crippen molar-refractivity contribution in [1.82, 2.24) is 4.98 Å². The topological polar surface area (TPSA) is 59.1 Å². The highest BCUT2D eigenvalue weighted by molar-refractivity contribution is 7.92. The minimum Gasteiger partial charge on any atom is -0.284 e. The molecule has 0 spiro atoms. The Morgan fingerprint density at radius 3 is 2.35 bits per heavy atom. The number of hydrogen-bond acceptors (Lipinski definition) is 5. The van der Waals surface area contributed by atoms with E-state index in [9.17, 15) is 8.42 Å². The van der Waals surface area contributed by atoms with Gasteiger partial charge in [0.1, 0.15) is 5.01 Å². The van der Waals surface area contributed by atoms with Gasteiger partial charge in [0.2, 0.25) is 10.0 Å². The Labute approximate surface area is 143 Å². The van der Waals surface area contributed by atoms with E-state index < -0.39 is 10.0 Å². The zero-order valence-electron chi connectivity index (χ0n) is 13.0. The zero-order chi connectivity index (χ0) is 16.6. The first-order chi connectivity index (χ1) is 10.8. The number of rotatable bonds is 4. The van der Waals surface area contributed by atoms with Crippen molar-refractivity contribution in [2.75, 3.05) is 11.0 Å². The third kappa shape index (κ3) is 3.63. The Kier molecular flexibility index (Phi) is 4.27. The Hall–Kier alpha value is -1.70. The van der Waals surface area contributed by atoms with E-state index >= 15 is 0 Å². The first-order valence-electron chi connectivity index (χ1n) is 6.93. The number of anilines is 1. The van der Waals surface area contributed by atoms with Crippen LogP contribution >= 0.6 is 22.7 Å². The van der Waals surface area contributed by atoms with Crippen molar-refractivity contribution in [3.63, 3.8) is 0 Å². The second-order valence-electron chi connectivity index (χ2n) is 5.31. The largest absolute Gasteiger partial charge is 0.284 e. The quantitative estimate of drug-likeness (QED) is 0.740. The molecule has 0 aliphatic rings. The van der Waals surface area contributed by atoms with Gasteiger partial charge >= 0.3 is 0 Å². The molecule has 1 N–H and O–H groups in total. The van der Waals surface area contributed by atoms with Crippen molar-refractivity contribution >= 4 is 38.4 Å². The van der Waals surface area contributed by atoms with Gasteiger partial charge in [-0.1, -0.05) is 12.1 Å².